The molecule has 0 bridgehead atoms. The molecule has 3 unspecified atom stereocenters. The summed E-state index contributed by atoms with van der Waals surface area (Å²) in [6, 6.07) is 0.0602. The molecule has 1 N–H and O–H groups in total. The highest BCUT2D eigenvalue weighted by Gasteiger charge is 2.43. The van der Waals surface area contributed by atoms with E-state index in [-0.39, 0.29) is 12.0 Å². The molecule has 3 heteroatoms. The molecule has 3 atom stereocenters. The normalized spacial score (nSPS) is 33.8. The second-order valence-corrected chi connectivity index (χ2v) is 4.29. The van der Waals surface area contributed by atoms with E-state index < -0.39 is 0 Å². The lowest BCUT2D eigenvalue weighted by molar-refractivity contribution is -0.885. The van der Waals surface area contributed by atoms with Crippen molar-refractivity contribution in [2.45, 2.75) is 26.3 Å². The number of quaternary nitrogens is 1. The molecule has 76 valence electrons. The standard InChI is InChI=1S/C10H19NO2/c1-7(2)8-5-6-11(3)9(8)10(12)13-4/h7-9H,5-6H2,1-4H3/p+1. The number of nitrogens with one attached hydrogen (secondary N) is 1. The molecule has 1 saturated heterocycles. The highest BCUT2D eigenvalue weighted by atomic mass is 16.5. The van der Waals surface area contributed by atoms with E-state index in [0.717, 1.165) is 13.0 Å². The average molecular weight is 186 g/mol. The smallest absolute Gasteiger partial charge is 0.364 e. The highest BCUT2D eigenvalue weighted by molar-refractivity contribution is 5.74. The monoisotopic (exact) mass is 186 g/mol. The highest BCUT2D eigenvalue weighted by Crippen LogP contribution is 2.21. The van der Waals surface area contributed by atoms with Gasteiger partial charge in [0, 0.05) is 12.3 Å². The molecule has 0 radical (unpaired) electrons. The van der Waals surface area contributed by atoms with Crippen molar-refractivity contribution in [1.82, 2.24) is 0 Å². The van der Waals surface area contributed by atoms with Gasteiger partial charge in [0.2, 0.25) is 0 Å². The van der Waals surface area contributed by atoms with Crippen LogP contribution in [-0.2, 0) is 9.53 Å². The number of methoxy groups -OCH3 is 1. The average Bonchev–Trinajstić information content (AvgIpc) is 2.46. The molecule has 0 amide bonds. The first-order chi connectivity index (χ1) is 6.07. The molecule has 3 nitrogen and oxygen atoms in total. The minimum Gasteiger partial charge on any atom is -0.465 e. The molecular weight excluding hydrogens is 166 g/mol. The zero-order valence-electron chi connectivity index (χ0n) is 8.96. The summed E-state index contributed by atoms with van der Waals surface area (Å²) in [6.07, 6.45) is 1.14. The van der Waals surface area contributed by atoms with E-state index in [1.807, 2.05) is 0 Å². The van der Waals surface area contributed by atoms with Crippen molar-refractivity contribution in [1.29, 1.82) is 0 Å². The van der Waals surface area contributed by atoms with Gasteiger partial charge in [-0.25, -0.2) is 4.79 Å². The Bertz CT molecular complexity index is 191. The van der Waals surface area contributed by atoms with E-state index in [1.54, 1.807) is 0 Å². The minimum atomic E-state index is -0.0475. The van der Waals surface area contributed by atoms with Crippen LogP contribution in [0.4, 0.5) is 0 Å². The summed E-state index contributed by atoms with van der Waals surface area (Å²) < 4.78 is 4.83. The van der Waals surface area contributed by atoms with Crippen molar-refractivity contribution < 1.29 is 14.4 Å². The van der Waals surface area contributed by atoms with E-state index in [1.165, 1.54) is 12.0 Å². The summed E-state index contributed by atoms with van der Waals surface area (Å²) in [6.45, 7) is 5.45. The summed E-state index contributed by atoms with van der Waals surface area (Å²) >= 11 is 0. The van der Waals surface area contributed by atoms with Crippen LogP contribution < -0.4 is 4.90 Å². The Kier molecular flexibility index (Phi) is 3.31. The van der Waals surface area contributed by atoms with E-state index >= 15 is 0 Å². The molecule has 1 rings (SSSR count). The predicted molar refractivity (Wildman–Crippen MR) is 50.5 cm³/mol. The molecule has 1 aliphatic heterocycles. The molecular formula is C10H20NO2+. The quantitative estimate of drug-likeness (QED) is 0.601. The SMILES string of the molecule is COC(=O)C1C(C(C)C)CC[NH+]1C. The van der Waals surface area contributed by atoms with Gasteiger partial charge in [-0.15, -0.1) is 0 Å². The molecule has 0 aromatic heterocycles. The third-order valence-electron chi connectivity index (χ3n) is 3.14. The number of ether oxygens (including phenoxy) is 1. The lowest BCUT2D eigenvalue weighted by Gasteiger charge is -2.21. The molecule has 0 aromatic rings. The second kappa shape index (κ2) is 4.09. The predicted octanol–water partition coefficient (Wildman–Crippen LogP) is -0.281. The van der Waals surface area contributed by atoms with Gasteiger partial charge in [-0.1, -0.05) is 13.8 Å². The third kappa shape index (κ3) is 2.02. The van der Waals surface area contributed by atoms with Crippen molar-refractivity contribution >= 4 is 5.97 Å². The number of rotatable bonds is 2. The molecule has 1 fully saturated rings. The van der Waals surface area contributed by atoms with Crippen LogP contribution in [0.2, 0.25) is 0 Å². The zero-order valence-corrected chi connectivity index (χ0v) is 8.96. The van der Waals surface area contributed by atoms with Gasteiger partial charge < -0.3 is 9.64 Å². The molecule has 0 spiro atoms. The van der Waals surface area contributed by atoms with Crippen LogP contribution in [0.1, 0.15) is 20.3 Å². The number of likely N-dealkylation sites (N-methyl/N-ethyl adjacent to an activating group) is 1. The van der Waals surface area contributed by atoms with Gasteiger partial charge in [0.15, 0.2) is 6.04 Å². The van der Waals surface area contributed by atoms with Crippen LogP contribution in [0.5, 0.6) is 0 Å². The molecule has 0 saturated carbocycles. The summed E-state index contributed by atoms with van der Waals surface area (Å²) in [7, 11) is 3.55. The number of hydrogen-bond donors (Lipinski definition) is 1. The Labute approximate surface area is 80.1 Å². The number of likely N-dealkylation sites (tertiary alicyclic amines) is 1. The topological polar surface area (TPSA) is 30.7 Å². The minimum absolute atomic E-state index is 0.0475. The van der Waals surface area contributed by atoms with Gasteiger partial charge >= 0.3 is 5.97 Å². The number of carbonyl (C=O) groups excluding carboxylic acids is 1. The molecule has 0 aromatic carbocycles. The zero-order chi connectivity index (χ0) is 10.0. The van der Waals surface area contributed by atoms with E-state index in [4.69, 9.17) is 4.74 Å². The van der Waals surface area contributed by atoms with Crippen molar-refractivity contribution in [2.75, 3.05) is 20.7 Å². The summed E-state index contributed by atoms with van der Waals surface area (Å²) in [5, 5.41) is 0. The van der Waals surface area contributed by atoms with Crippen LogP contribution in [0.15, 0.2) is 0 Å². The number of carbonyl (C=O) groups is 1. The van der Waals surface area contributed by atoms with E-state index in [0.29, 0.717) is 11.8 Å². The molecule has 13 heavy (non-hydrogen) atoms. The fourth-order valence-electron chi connectivity index (χ4n) is 2.30. The molecule has 1 aliphatic rings. The Hall–Kier alpha value is -0.570. The first-order valence-corrected chi connectivity index (χ1v) is 4.98. The van der Waals surface area contributed by atoms with Crippen LogP contribution in [0.3, 0.4) is 0 Å². The Morgan fingerprint density at radius 3 is 2.62 bits per heavy atom. The molecule has 0 aliphatic carbocycles. The van der Waals surface area contributed by atoms with Gasteiger partial charge in [-0.05, 0) is 5.92 Å². The first kappa shape index (κ1) is 10.5. The lowest BCUT2D eigenvalue weighted by atomic mass is 9.89. The Balaban J connectivity index is 2.71. The van der Waals surface area contributed by atoms with Gasteiger partial charge in [0.25, 0.3) is 0 Å². The van der Waals surface area contributed by atoms with Gasteiger partial charge in [0.05, 0.1) is 20.7 Å². The lowest BCUT2D eigenvalue weighted by Crippen LogP contribution is -3.12. The third-order valence-corrected chi connectivity index (χ3v) is 3.14. The second-order valence-electron chi connectivity index (χ2n) is 4.29. The largest absolute Gasteiger partial charge is 0.465 e. The summed E-state index contributed by atoms with van der Waals surface area (Å²) in [4.78, 5) is 12.8. The fourth-order valence-corrected chi connectivity index (χ4v) is 2.30. The fraction of sp³-hybridized carbons (Fsp3) is 0.900. The molecule has 1 heterocycles. The van der Waals surface area contributed by atoms with Crippen LogP contribution in [0, 0.1) is 11.8 Å². The Morgan fingerprint density at radius 2 is 2.15 bits per heavy atom. The van der Waals surface area contributed by atoms with Crippen molar-refractivity contribution in [3.05, 3.63) is 0 Å². The Morgan fingerprint density at radius 1 is 1.54 bits per heavy atom. The summed E-state index contributed by atoms with van der Waals surface area (Å²) in [5.74, 6) is 1.02. The van der Waals surface area contributed by atoms with Gasteiger partial charge in [0.1, 0.15) is 0 Å². The van der Waals surface area contributed by atoms with Gasteiger partial charge in [-0.2, -0.15) is 0 Å². The summed E-state index contributed by atoms with van der Waals surface area (Å²) in [5.41, 5.74) is 0. The van der Waals surface area contributed by atoms with Gasteiger partial charge in [-0.3, -0.25) is 0 Å². The van der Waals surface area contributed by atoms with Crippen LogP contribution in [-0.4, -0.2) is 32.7 Å². The maximum atomic E-state index is 11.5. The number of esters is 1. The maximum Gasteiger partial charge on any atom is 0.364 e. The van der Waals surface area contributed by atoms with E-state index in [2.05, 4.69) is 20.9 Å². The van der Waals surface area contributed by atoms with Crippen LogP contribution >= 0.6 is 0 Å². The maximum absolute atomic E-state index is 11.5. The van der Waals surface area contributed by atoms with Crippen molar-refractivity contribution in [3.8, 4) is 0 Å². The van der Waals surface area contributed by atoms with E-state index in [9.17, 15) is 4.79 Å². The van der Waals surface area contributed by atoms with Crippen molar-refractivity contribution in [3.63, 3.8) is 0 Å². The number of hydrogen-bond acceptors (Lipinski definition) is 2. The van der Waals surface area contributed by atoms with Crippen LogP contribution in [0.25, 0.3) is 0 Å². The van der Waals surface area contributed by atoms with Crippen molar-refractivity contribution in [2.24, 2.45) is 11.8 Å². The first-order valence-electron chi connectivity index (χ1n) is 4.98.